The third-order valence-electron chi connectivity index (χ3n) is 1.92. The predicted octanol–water partition coefficient (Wildman–Crippen LogP) is 1.12. The van der Waals surface area contributed by atoms with Crippen LogP contribution in [0.15, 0.2) is 12.3 Å². The van der Waals surface area contributed by atoms with E-state index in [0.29, 0.717) is 0 Å². The van der Waals surface area contributed by atoms with Crippen molar-refractivity contribution in [1.29, 1.82) is 0 Å². The number of nitrogens with one attached hydrogen (secondary N) is 1. The number of carboxylic acid groups (broad SMARTS) is 1. The summed E-state index contributed by atoms with van der Waals surface area (Å²) in [5.74, 6) is 1.03. The number of pyridine rings is 1. The highest BCUT2D eigenvalue weighted by molar-refractivity contribution is 5.93. The van der Waals surface area contributed by atoms with Crippen LogP contribution in [-0.4, -0.2) is 27.0 Å². The highest BCUT2D eigenvalue weighted by atomic mass is 16.6. The normalized spacial score (nSPS) is 11.3. The molecule has 7 nitrogen and oxygen atoms in total. The van der Waals surface area contributed by atoms with Crippen LogP contribution in [0, 0.1) is 22.5 Å². The maximum Gasteiger partial charge on any atom is 0.339 e. The zero-order chi connectivity index (χ0) is 13.0. The second-order valence-electron chi connectivity index (χ2n) is 3.18. The average Bonchev–Trinajstić information content (AvgIpc) is 2.28. The van der Waals surface area contributed by atoms with Gasteiger partial charge in [-0.15, -0.1) is 6.42 Å². The fourth-order valence-electron chi connectivity index (χ4n) is 1.08. The molecule has 2 N–H and O–H groups in total. The van der Waals surface area contributed by atoms with Crippen LogP contribution < -0.4 is 5.32 Å². The fourth-order valence-corrected chi connectivity index (χ4v) is 1.08. The van der Waals surface area contributed by atoms with Crippen molar-refractivity contribution in [2.75, 3.05) is 5.32 Å². The Kier molecular flexibility index (Phi) is 3.62. The molecule has 0 saturated carbocycles. The van der Waals surface area contributed by atoms with Crippen molar-refractivity contribution in [2.24, 2.45) is 0 Å². The van der Waals surface area contributed by atoms with Gasteiger partial charge < -0.3 is 10.4 Å². The van der Waals surface area contributed by atoms with Crippen LogP contribution in [-0.2, 0) is 0 Å². The maximum absolute atomic E-state index is 10.9. The van der Waals surface area contributed by atoms with Crippen LogP contribution >= 0.6 is 0 Å². The monoisotopic (exact) mass is 235 g/mol. The SMILES string of the molecule is C#CC(C)Nc1ncc([N+](=O)[O-])cc1C(=O)O. The van der Waals surface area contributed by atoms with Crippen LogP contribution in [0.4, 0.5) is 11.5 Å². The molecule has 0 aliphatic rings. The Balaban J connectivity index is 3.18. The number of anilines is 1. The molecule has 0 bridgehead atoms. The van der Waals surface area contributed by atoms with Crippen LogP contribution in [0.25, 0.3) is 0 Å². The second kappa shape index (κ2) is 4.94. The Hall–Kier alpha value is -2.62. The van der Waals surface area contributed by atoms with Gasteiger partial charge >= 0.3 is 5.97 Å². The molecule has 0 aliphatic carbocycles. The summed E-state index contributed by atoms with van der Waals surface area (Å²) < 4.78 is 0. The van der Waals surface area contributed by atoms with Gasteiger partial charge in [-0.05, 0) is 6.92 Å². The summed E-state index contributed by atoms with van der Waals surface area (Å²) in [5, 5.41) is 22.0. The highest BCUT2D eigenvalue weighted by Crippen LogP contribution is 2.19. The van der Waals surface area contributed by atoms with Crippen LogP contribution in [0.5, 0.6) is 0 Å². The molecule has 1 unspecified atom stereocenters. The lowest BCUT2D eigenvalue weighted by molar-refractivity contribution is -0.385. The van der Waals surface area contributed by atoms with Crippen molar-refractivity contribution in [2.45, 2.75) is 13.0 Å². The molecule has 1 heterocycles. The first-order valence-electron chi connectivity index (χ1n) is 4.56. The van der Waals surface area contributed by atoms with Crippen molar-refractivity contribution in [3.05, 3.63) is 27.9 Å². The molecule has 0 saturated heterocycles. The van der Waals surface area contributed by atoms with E-state index >= 15 is 0 Å². The van der Waals surface area contributed by atoms with Crippen molar-refractivity contribution < 1.29 is 14.8 Å². The fraction of sp³-hybridized carbons (Fsp3) is 0.200. The summed E-state index contributed by atoms with van der Waals surface area (Å²) in [5.41, 5.74) is -0.678. The quantitative estimate of drug-likeness (QED) is 0.460. The first-order valence-corrected chi connectivity index (χ1v) is 4.56. The lowest BCUT2D eigenvalue weighted by Crippen LogP contribution is -2.16. The van der Waals surface area contributed by atoms with Crippen molar-refractivity contribution in [3.8, 4) is 12.3 Å². The minimum Gasteiger partial charge on any atom is -0.478 e. The first-order chi connectivity index (χ1) is 7.95. The van der Waals surface area contributed by atoms with E-state index in [4.69, 9.17) is 11.5 Å². The number of terminal acetylenes is 1. The number of hydrogen-bond acceptors (Lipinski definition) is 5. The lowest BCUT2D eigenvalue weighted by atomic mass is 10.2. The Labute approximate surface area is 96.6 Å². The summed E-state index contributed by atoms with van der Waals surface area (Å²) in [6.07, 6.45) is 6.10. The lowest BCUT2D eigenvalue weighted by Gasteiger charge is -2.10. The molecular weight excluding hydrogens is 226 g/mol. The largest absolute Gasteiger partial charge is 0.478 e. The van der Waals surface area contributed by atoms with E-state index in [0.717, 1.165) is 12.3 Å². The minimum absolute atomic E-state index is 0.00792. The number of aromatic nitrogens is 1. The highest BCUT2D eigenvalue weighted by Gasteiger charge is 2.18. The molecule has 1 atom stereocenters. The van der Waals surface area contributed by atoms with Gasteiger partial charge in [-0.3, -0.25) is 10.1 Å². The summed E-state index contributed by atoms with van der Waals surface area (Å²) in [7, 11) is 0. The van der Waals surface area contributed by atoms with Crippen molar-refractivity contribution >= 4 is 17.5 Å². The van der Waals surface area contributed by atoms with Gasteiger partial charge in [0, 0.05) is 6.07 Å². The molecule has 0 aliphatic heterocycles. The van der Waals surface area contributed by atoms with E-state index in [-0.39, 0.29) is 17.1 Å². The minimum atomic E-state index is -1.31. The third-order valence-corrected chi connectivity index (χ3v) is 1.92. The smallest absolute Gasteiger partial charge is 0.339 e. The molecule has 0 spiro atoms. The maximum atomic E-state index is 10.9. The van der Waals surface area contributed by atoms with E-state index in [1.165, 1.54) is 0 Å². The zero-order valence-electron chi connectivity index (χ0n) is 8.88. The third kappa shape index (κ3) is 2.92. The van der Waals surface area contributed by atoms with Crippen molar-refractivity contribution in [3.63, 3.8) is 0 Å². The number of hydrogen-bond donors (Lipinski definition) is 2. The first kappa shape index (κ1) is 12.4. The van der Waals surface area contributed by atoms with E-state index in [1.54, 1.807) is 6.92 Å². The standard InChI is InChI=1S/C10H9N3O4/c1-3-6(2)12-9-8(10(14)15)4-7(5-11-9)13(16)17/h1,4-6H,2H3,(H,11,12)(H,14,15). The summed E-state index contributed by atoms with van der Waals surface area (Å²) >= 11 is 0. The molecule has 1 aromatic rings. The van der Waals surface area contributed by atoms with Gasteiger partial charge in [0.2, 0.25) is 0 Å². The van der Waals surface area contributed by atoms with Gasteiger partial charge in [0.1, 0.15) is 17.6 Å². The van der Waals surface area contributed by atoms with E-state index < -0.39 is 16.9 Å². The summed E-state index contributed by atoms with van der Waals surface area (Å²) in [6, 6.07) is 0.503. The number of aromatic carboxylic acids is 1. The van der Waals surface area contributed by atoms with Gasteiger partial charge in [0.15, 0.2) is 0 Å². The van der Waals surface area contributed by atoms with Crippen LogP contribution in [0.3, 0.4) is 0 Å². The summed E-state index contributed by atoms with van der Waals surface area (Å²) in [6.45, 7) is 1.63. The molecule has 17 heavy (non-hydrogen) atoms. The average molecular weight is 235 g/mol. The van der Waals surface area contributed by atoms with E-state index in [9.17, 15) is 14.9 Å². The van der Waals surface area contributed by atoms with Gasteiger partial charge in [-0.1, -0.05) is 5.92 Å². The Morgan fingerprint density at radius 2 is 2.41 bits per heavy atom. The second-order valence-corrected chi connectivity index (χ2v) is 3.18. The zero-order valence-corrected chi connectivity index (χ0v) is 8.88. The Bertz CT molecular complexity index is 507. The molecule has 0 amide bonds. The summed E-state index contributed by atoms with van der Waals surface area (Å²) in [4.78, 5) is 24.4. The van der Waals surface area contributed by atoms with Crippen LogP contribution in [0.1, 0.15) is 17.3 Å². The van der Waals surface area contributed by atoms with Crippen LogP contribution in [0.2, 0.25) is 0 Å². The number of carbonyl (C=O) groups is 1. The molecule has 88 valence electrons. The molecule has 0 fully saturated rings. The number of nitrogens with zero attached hydrogens (tertiary/aromatic N) is 2. The molecule has 0 radical (unpaired) electrons. The molecule has 1 rings (SSSR count). The molecule has 1 aromatic heterocycles. The van der Waals surface area contributed by atoms with Gasteiger partial charge in [0.25, 0.3) is 5.69 Å². The Morgan fingerprint density at radius 3 is 2.88 bits per heavy atom. The van der Waals surface area contributed by atoms with Gasteiger partial charge in [0.05, 0.1) is 11.0 Å². The van der Waals surface area contributed by atoms with Gasteiger partial charge in [-0.2, -0.15) is 0 Å². The predicted molar refractivity (Wildman–Crippen MR) is 59.8 cm³/mol. The molecule has 7 heteroatoms. The molecule has 0 aromatic carbocycles. The van der Waals surface area contributed by atoms with Crippen molar-refractivity contribution in [1.82, 2.24) is 4.98 Å². The van der Waals surface area contributed by atoms with Gasteiger partial charge in [-0.25, -0.2) is 9.78 Å². The Morgan fingerprint density at radius 1 is 1.76 bits per heavy atom. The number of rotatable bonds is 4. The topological polar surface area (TPSA) is 105 Å². The number of nitro groups is 1. The molecular formula is C10H9N3O4. The number of carboxylic acids is 1. The van der Waals surface area contributed by atoms with E-state index in [2.05, 4.69) is 16.2 Å². The van der Waals surface area contributed by atoms with E-state index in [1.807, 2.05) is 0 Å².